The first-order valence-corrected chi connectivity index (χ1v) is 7.13. The van der Waals surface area contributed by atoms with Gasteiger partial charge in [-0.25, -0.2) is 4.98 Å². The zero-order valence-corrected chi connectivity index (χ0v) is 12.4. The first kappa shape index (κ1) is 15.0. The van der Waals surface area contributed by atoms with Crippen LogP contribution in [0, 0.1) is 16.0 Å². The van der Waals surface area contributed by atoms with E-state index >= 15 is 0 Å². The molecule has 1 aromatic heterocycles. The number of rotatable bonds is 5. The van der Waals surface area contributed by atoms with Crippen LogP contribution in [0.2, 0.25) is 5.15 Å². The predicted octanol–water partition coefficient (Wildman–Crippen LogP) is 2.79. The molecule has 0 aromatic carbocycles. The average Bonchev–Trinajstić information content (AvgIpc) is 2.84. The van der Waals surface area contributed by atoms with Crippen LogP contribution in [-0.4, -0.2) is 40.5 Å². The van der Waals surface area contributed by atoms with Gasteiger partial charge >= 0.3 is 0 Å². The maximum atomic E-state index is 10.8. The Bertz CT molecular complexity index is 495. The Morgan fingerprint density at radius 2 is 2.35 bits per heavy atom. The summed E-state index contributed by atoms with van der Waals surface area (Å²) in [5.41, 5.74) is -0.0391. The fourth-order valence-electron chi connectivity index (χ4n) is 2.43. The van der Waals surface area contributed by atoms with Crippen molar-refractivity contribution in [2.24, 2.45) is 5.92 Å². The molecule has 7 heteroatoms. The Balaban J connectivity index is 1.93. The van der Waals surface area contributed by atoms with Crippen molar-refractivity contribution in [3.63, 3.8) is 0 Å². The van der Waals surface area contributed by atoms with Gasteiger partial charge in [0, 0.05) is 19.1 Å². The van der Waals surface area contributed by atoms with Gasteiger partial charge in [0.15, 0.2) is 0 Å². The maximum Gasteiger partial charge on any atom is 0.276 e. The number of pyridine rings is 1. The number of halogens is 1. The standard InChI is InChI=1S/C13H19ClN4O2/c1-9(2)17-4-3-10(8-17)7-15-13-6-11(18(19)20)5-12(14)16-13/h5-6,9-10H,3-4,7-8H2,1-2H3,(H,15,16). The molecule has 1 aromatic rings. The van der Waals surface area contributed by atoms with Crippen molar-refractivity contribution in [3.8, 4) is 0 Å². The van der Waals surface area contributed by atoms with Crippen molar-refractivity contribution < 1.29 is 4.92 Å². The van der Waals surface area contributed by atoms with Gasteiger partial charge in [0.1, 0.15) is 11.0 Å². The zero-order valence-electron chi connectivity index (χ0n) is 11.7. The van der Waals surface area contributed by atoms with Crippen LogP contribution < -0.4 is 5.32 Å². The molecule has 1 saturated heterocycles. The van der Waals surface area contributed by atoms with Crippen LogP contribution >= 0.6 is 11.6 Å². The van der Waals surface area contributed by atoms with E-state index in [0.29, 0.717) is 17.8 Å². The second-order valence-corrected chi connectivity index (χ2v) is 5.80. The lowest BCUT2D eigenvalue weighted by Crippen LogP contribution is -2.29. The van der Waals surface area contributed by atoms with Gasteiger partial charge in [0.2, 0.25) is 0 Å². The average molecular weight is 299 g/mol. The SMILES string of the molecule is CC(C)N1CCC(CNc2cc([N+](=O)[O-])cc(Cl)n2)C1. The molecular formula is C13H19ClN4O2. The van der Waals surface area contributed by atoms with Crippen LogP contribution in [-0.2, 0) is 0 Å². The summed E-state index contributed by atoms with van der Waals surface area (Å²) < 4.78 is 0. The monoisotopic (exact) mass is 298 g/mol. The van der Waals surface area contributed by atoms with E-state index in [1.54, 1.807) is 0 Å². The molecule has 0 aliphatic carbocycles. The minimum Gasteiger partial charge on any atom is -0.369 e. The molecular weight excluding hydrogens is 280 g/mol. The highest BCUT2D eigenvalue weighted by molar-refractivity contribution is 6.29. The third-order valence-corrected chi connectivity index (χ3v) is 3.80. The topological polar surface area (TPSA) is 71.3 Å². The number of hydrogen-bond donors (Lipinski definition) is 1. The number of anilines is 1. The van der Waals surface area contributed by atoms with Gasteiger partial charge in [-0.2, -0.15) is 0 Å². The Kier molecular flexibility index (Phi) is 4.77. The molecule has 6 nitrogen and oxygen atoms in total. The summed E-state index contributed by atoms with van der Waals surface area (Å²) in [6, 6.07) is 3.23. The molecule has 1 aliphatic heterocycles. The van der Waals surface area contributed by atoms with Crippen LogP contribution in [0.3, 0.4) is 0 Å². The summed E-state index contributed by atoms with van der Waals surface area (Å²) in [7, 11) is 0. The lowest BCUT2D eigenvalue weighted by molar-refractivity contribution is -0.384. The van der Waals surface area contributed by atoms with Gasteiger partial charge in [0.25, 0.3) is 5.69 Å². The van der Waals surface area contributed by atoms with Crippen LogP contribution in [0.5, 0.6) is 0 Å². The van der Waals surface area contributed by atoms with Gasteiger partial charge in [-0.1, -0.05) is 11.6 Å². The molecule has 2 heterocycles. The van der Waals surface area contributed by atoms with E-state index in [1.165, 1.54) is 12.1 Å². The number of nitro groups is 1. The summed E-state index contributed by atoms with van der Waals surface area (Å²) in [4.78, 5) is 16.8. The molecule has 1 N–H and O–H groups in total. The molecule has 0 amide bonds. The van der Waals surface area contributed by atoms with E-state index in [1.807, 2.05) is 0 Å². The molecule has 2 rings (SSSR count). The fraction of sp³-hybridized carbons (Fsp3) is 0.615. The summed E-state index contributed by atoms with van der Waals surface area (Å²) in [5, 5.41) is 14.1. The minimum atomic E-state index is -0.463. The number of aromatic nitrogens is 1. The van der Waals surface area contributed by atoms with E-state index in [2.05, 4.69) is 29.0 Å². The molecule has 1 aliphatic rings. The normalized spacial score (nSPS) is 19.5. The molecule has 0 saturated carbocycles. The van der Waals surface area contributed by atoms with Gasteiger partial charge in [-0.05, 0) is 32.7 Å². The Morgan fingerprint density at radius 1 is 1.60 bits per heavy atom. The second-order valence-electron chi connectivity index (χ2n) is 5.41. The number of likely N-dealkylation sites (tertiary alicyclic amines) is 1. The smallest absolute Gasteiger partial charge is 0.276 e. The Hall–Kier alpha value is -1.40. The number of nitrogens with one attached hydrogen (secondary N) is 1. The Morgan fingerprint density at radius 3 is 2.95 bits per heavy atom. The lowest BCUT2D eigenvalue weighted by atomic mass is 10.1. The molecule has 20 heavy (non-hydrogen) atoms. The van der Waals surface area contributed by atoms with Gasteiger partial charge in [-0.3, -0.25) is 10.1 Å². The number of hydrogen-bond acceptors (Lipinski definition) is 5. The van der Waals surface area contributed by atoms with Crippen molar-refractivity contribution in [2.75, 3.05) is 25.0 Å². The maximum absolute atomic E-state index is 10.8. The molecule has 0 bridgehead atoms. The van der Waals surface area contributed by atoms with E-state index in [4.69, 9.17) is 11.6 Å². The zero-order chi connectivity index (χ0) is 14.7. The third kappa shape index (κ3) is 3.80. The van der Waals surface area contributed by atoms with Crippen LogP contribution in [0.15, 0.2) is 12.1 Å². The Labute approximate surface area is 123 Å². The van der Waals surface area contributed by atoms with Crippen molar-refractivity contribution in [3.05, 3.63) is 27.4 Å². The highest BCUT2D eigenvalue weighted by Gasteiger charge is 2.24. The predicted molar refractivity (Wildman–Crippen MR) is 79.2 cm³/mol. The van der Waals surface area contributed by atoms with E-state index in [0.717, 1.165) is 26.1 Å². The lowest BCUT2D eigenvalue weighted by Gasteiger charge is -2.20. The molecule has 0 radical (unpaired) electrons. The van der Waals surface area contributed by atoms with Crippen LogP contribution in [0.1, 0.15) is 20.3 Å². The summed E-state index contributed by atoms with van der Waals surface area (Å²) in [6.45, 7) is 7.30. The van der Waals surface area contributed by atoms with E-state index in [-0.39, 0.29) is 10.8 Å². The van der Waals surface area contributed by atoms with Crippen molar-refractivity contribution >= 4 is 23.1 Å². The quantitative estimate of drug-likeness (QED) is 0.514. The second kappa shape index (κ2) is 6.37. The molecule has 1 unspecified atom stereocenters. The molecule has 1 fully saturated rings. The van der Waals surface area contributed by atoms with E-state index in [9.17, 15) is 10.1 Å². The summed E-state index contributed by atoms with van der Waals surface area (Å²) in [6.07, 6.45) is 1.13. The fourth-order valence-corrected chi connectivity index (χ4v) is 2.63. The van der Waals surface area contributed by atoms with Crippen molar-refractivity contribution in [1.29, 1.82) is 0 Å². The molecule has 0 spiro atoms. The third-order valence-electron chi connectivity index (χ3n) is 3.61. The number of nitrogens with zero attached hydrogens (tertiary/aromatic N) is 3. The van der Waals surface area contributed by atoms with Crippen molar-refractivity contribution in [2.45, 2.75) is 26.3 Å². The minimum absolute atomic E-state index is 0.0391. The van der Waals surface area contributed by atoms with Gasteiger partial charge in [-0.15, -0.1) is 0 Å². The summed E-state index contributed by atoms with van der Waals surface area (Å²) in [5.74, 6) is 1.00. The first-order chi connectivity index (χ1) is 9.45. The largest absolute Gasteiger partial charge is 0.369 e. The van der Waals surface area contributed by atoms with E-state index < -0.39 is 4.92 Å². The van der Waals surface area contributed by atoms with Gasteiger partial charge < -0.3 is 10.2 Å². The highest BCUT2D eigenvalue weighted by atomic mass is 35.5. The highest BCUT2D eigenvalue weighted by Crippen LogP contribution is 2.22. The van der Waals surface area contributed by atoms with Crippen molar-refractivity contribution in [1.82, 2.24) is 9.88 Å². The summed E-state index contributed by atoms with van der Waals surface area (Å²) >= 11 is 5.79. The van der Waals surface area contributed by atoms with Gasteiger partial charge in [0.05, 0.1) is 17.1 Å². The van der Waals surface area contributed by atoms with Crippen LogP contribution in [0.25, 0.3) is 0 Å². The molecule has 1 atom stereocenters. The molecule has 110 valence electrons. The van der Waals surface area contributed by atoms with Crippen LogP contribution in [0.4, 0.5) is 11.5 Å². The first-order valence-electron chi connectivity index (χ1n) is 6.75.